The van der Waals surface area contributed by atoms with Gasteiger partial charge in [0.25, 0.3) is 0 Å². The molecule has 0 atom stereocenters. The Kier molecular flexibility index (Phi) is 3.57. The highest BCUT2D eigenvalue weighted by atomic mass is 19.1. The Bertz CT molecular complexity index is 547. The number of hydrogen-bond donors (Lipinski definition) is 2. The van der Waals surface area contributed by atoms with E-state index in [1.165, 1.54) is 13.2 Å². The van der Waals surface area contributed by atoms with Gasteiger partial charge in [-0.05, 0) is 18.2 Å². The third-order valence-electron chi connectivity index (χ3n) is 2.33. The first kappa shape index (κ1) is 12.1. The standard InChI is InChI=1S/C12H13FN4O/c1-18-10-3-2-8(6-9(10)13)16-7-12-15-5-4-11(14)17-12/h2-6,16H,7H2,1H3,(H2,14,15,17). The number of nitrogens with zero attached hydrogens (tertiary/aromatic N) is 2. The van der Waals surface area contributed by atoms with Gasteiger partial charge in [0.2, 0.25) is 0 Å². The third-order valence-corrected chi connectivity index (χ3v) is 2.33. The van der Waals surface area contributed by atoms with Crippen LogP contribution in [0.3, 0.4) is 0 Å². The van der Waals surface area contributed by atoms with Gasteiger partial charge in [0, 0.05) is 18.0 Å². The van der Waals surface area contributed by atoms with E-state index in [2.05, 4.69) is 15.3 Å². The summed E-state index contributed by atoms with van der Waals surface area (Å²) in [5.74, 6) is 0.741. The number of halogens is 1. The number of aromatic nitrogens is 2. The SMILES string of the molecule is COc1ccc(NCc2nccc(N)n2)cc1F. The molecular weight excluding hydrogens is 235 g/mol. The van der Waals surface area contributed by atoms with E-state index in [4.69, 9.17) is 10.5 Å². The Morgan fingerprint density at radius 1 is 1.39 bits per heavy atom. The minimum Gasteiger partial charge on any atom is -0.494 e. The van der Waals surface area contributed by atoms with Crippen molar-refractivity contribution in [1.29, 1.82) is 0 Å². The molecule has 6 heteroatoms. The number of benzene rings is 1. The molecule has 1 heterocycles. The lowest BCUT2D eigenvalue weighted by Gasteiger charge is -2.07. The summed E-state index contributed by atoms with van der Waals surface area (Å²) >= 11 is 0. The zero-order valence-electron chi connectivity index (χ0n) is 9.85. The molecule has 18 heavy (non-hydrogen) atoms. The second-order valence-electron chi connectivity index (χ2n) is 3.60. The number of ether oxygens (including phenoxy) is 1. The van der Waals surface area contributed by atoms with Crippen molar-refractivity contribution in [3.8, 4) is 5.75 Å². The van der Waals surface area contributed by atoms with Crippen LogP contribution in [0.15, 0.2) is 30.5 Å². The first-order valence-corrected chi connectivity index (χ1v) is 5.34. The summed E-state index contributed by atoms with van der Waals surface area (Å²) in [6.07, 6.45) is 1.58. The van der Waals surface area contributed by atoms with Crippen LogP contribution in [0.1, 0.15) is 5.82 Å². The van der Waals surface area contributed by atoms with Crippen molar-refractivity contribution in [1.82, 2.24) is 9.97 Å². The second-order valence-corrected chi connectivity index (χ2v) is 3.60. The van der Waals surface area contributed by atoms with E-state index in [9.17, 15) is 4.39 Å². The van der Waals surface area contributed by atoms with Gasteiger partial charge in [0.05, 0.1) is 13.7 Å². The molecule has 1 aromatic heterocycles. The summed E-state index contributed by atoms with van der Waals surface area (Å²) in [5.41, 5.74) is 6.16. The molecule has 0 radical (unpaired) electrons. The molecule has 1 aromatic carbocycles. The summed E-state index contributed by atoms with van der Waals surface area (Å²) in [5, 5.41) is 3.00. The van der Waals surface area contributed by atoms with Crippen LogP contribution in [0.4, 0.5) is 15.9 Å². The van der Waals surface area contributed by atoms with Gasteiger partial charge in [-0.3, -0.25) is 0 Å². The van der Waals surface area contributed by atoms with E-state index < -0.39 is 5.82 Å². The maximum atomic E-state index is 13.4. The zero-order valence-corrected chi connectivity index (χ0v) is 9.85. The summed E-state index contributed by atoms with van der Waals surface area (Å²) < 4.78 is 18.3. The van der Waals surface area contributed by atoms with Crippen LogP contribution < -0.4 is 15.8 Å². The van der Waals surface area contributed by atoms with E-state index in [0.717, 1.165) is 0 Å². The first-order valence-electron chi connectivity index (χ1n) is 5.34. The molecule has 2 aromatic rings. The smallest absolute Gasteiger partial charge is 0.167 e. The molecule has 3 N–H and O–H groups in total. The average molecular weight is 248 g/mol. The molecule has 0 aliphatic rings. The Balaban J connectivity index is 2.04. The fraction of sp³-hybridized carbons (Fsp3) is 0.167. The lowest BCUT2D eigenvalue weighted by atomic mass is 10.3. The Morgan fingerprint density at radius 2 is 2.22 bits per heavy atom. The highest BCUT2D eigenvalue weighted by molar-refractivity contribution is 5.47. The van der Waals surface area contributed by atoms with Crippen LogP contribution >= 0.6 is 0 Å². The first-order chi connectivity index (χ1) is 8.69. The van der Waals surface area contributed by atoms with Gasteiger partial charge in [0.15, 0.2) is 11.6 Å². The molecule has 2 rings (SSSR count). The number of rotatable bonds is 4. The minimum absolute atomic E-state index is 0.209. The predicted molar refractivity (Wildman–Crippen MR) is 66.7 cm³/mol. The summed E-state index contributed by atoms with van der Waals surface area (Å²) in [7, 11) is 1.42. The quantitative estimate of drug-likeness (QED) is 0.863. The van der Waals surface area contributed by atoms with Crippen molar-refractivity contribution < 1.29 is 9.13 Å². The number of nitrogens with one attached hydrogen (secondary N) is 1. The van der Waals surface area contributed by atoms with Gasteiger partial charge < -0.3 is 15.8 Å². The van der Waals surface area contributed by atoms with Crippen LogP contribution in [0.25, 0.3) is 0 Å². The molecule has 0 saturated carbocycles. The van der Waals surface area contributed by atoms with E-state index >= 15 is 0 Å². The molecule has 0 saturated heterocycles. The summed E-state index contributed by atoms with van der Waals surface area (Å²) in [6, 6.07) is 6.23. The van der Waals surface area contributed by atoms with Crippen LogP contribution in [-0.4, -0.2) is 17.1 Å². The minimum atomic E-state index is -0.420. The highest BCUT2D eigenvalue weighted by Gasteiger charge is 2.03. The molecule has 0 spiro atoms. The third kappa shape index (κ3) is 2.85. The molecule has 0 aliphatic heterocycles. The Hall–Kier alpha value is -2.37. The summed E-state index contributed by atoms with van der Waals surface area (Å²) in [6.45, 7) is 0.372. The highest BCUT2D eigenvalue weighted by Crippen LogP contribution is 2.20. The maximum absolute atomic E-state index is 13.4. The van der Waals surface area contributed by atoms with E-state index in [0.29, 0.717) is 23.9 Å². The van der Waals surface area contributed by atoms with Gasteiger partial charge >= 0.3 is 0 Å². The normalized spacial score (nSPS) is 10.1. The number of nitrogens with two attached hydrogens (primary N) is 1. The van der Waals surface area contributed by atoms with Gasteiger partial charge in [-0.1, -0.05) is 0 Å². The Morgan fingerprint density at radius 3 is 2.89 bits per heavy atom. The van der Waals surface area contributed by atoms with Crippen molar-refractivity contribution >= 4 is 11.5 Å². The molecular formula is C12H13FN4O. The summed E-state index contributed by atoms with van der Waals surface area (Å²) in [4.78, 5) is 8.07. The van der Waals surface area contributed by atoms with E-state index in [1.54, 1.807) is 24.4 Å². The molecule has 0 aliphatic carbocycles. The number of methoxy groups -OCH3 is 1. The van der Waals surface area contributed by atoms with Gasteiger partial charge in [-0.15, -0.1) is 0 Å². The van der Waals surface area contributed by atoms with Gasteiger partial charge in [0.1, 0.15) is 11.6 Å². The van der Waals surface area contributed by atoms with Crippen molar-refractivity contribution in [3.05, 3.63) is 42.1 Å². The molecule has 5 nitrogen and oxygen atoms in total. The molecule has 0 fully saturated rings. The lowest BCUT2D eigenvalue weighted by Crippen LogP contribution is -2.05. The second kappa shape index (κ2) is 5.31. The molecule has 0 unspecified atom stereocenters. The molecule has 0 bridgehead atoms. The zero-order chi connectivity index (χ0) is 13.0. The maximum Gasteiger partial charge on any atom is 0.167 e. The fourth-order valence-corrected chi connectivity index (χ4v) is 1.46. The molecule has 94 valence electrons. The largest absolute Gasteiger partial charge is 0.494 e. The monoisotopic (exact) mass is 248 g/mol. The number of nitrogen functional groups attached to an aromatic ring is 1. The Labute approximate surface area is 104 Å². The predicted octanol–water partition coefficient (Wildman–Crippen LogP) is 1.82. The average Bonchev–Trinajstić information content (AvgIpc) is 2.37. The van der Waals surface area contributed by atoms with E-state index in [-0.39, 0.29) is 5.75 Å². The van der Waals surface area contributed by atoms with Crippen LogP contribution in [0.5, 0.6) is 5.75 Å². The van der Waals surface area contributed by atoms with Crippen LogP contribution in [0.2, 0.25) is 0 Å². The van der Waals surface area contributed by atoms with E-state index in [1.807, 2.05) is 0 Å². The fourth-order valence-electron chi connectivity index (χ4n) is 1.46. The van der Waals surface area contributed by atoms with Gasteiger partial charge in [-0.2, -0.15) is 0 Å². The van der Waals surface area contributed by atoms with Crippen LogP contribution in [0, 0.1) is 5.82 Å². The van der Waals surface area contributed by atoms with Gasteiger partial charge in [-0.25, -0.2) is 14.4 Å². The van der Waals surface area contributed by atoms with Crippen LogP contribution in [-0.2, 0) is 6.54 Å². The van der Waals surface area contributed by atoms with Crippen molar-refractivity contribution in [3.63, 3.8) is 0 Å². The van der Waals surface area contributed by atoms with Crippen molar-refractivity contribution in [2.45, 2.75) is 6.54 Å². The lowest BCUT2D eigenvalue weighted by molar-refractivity contribution is 0.386. The topological polar surface area (TPSA) is 73.1 Å². The van der Waals surface area contributed by atoms with Crippen molar-refractivity contribution in [2.24, 2.45) is 0 Å². The number of anilines is 2. The molecule has 0 amide bonds. The van der Waals surface area contributed by atoms with Crippen molar-refractivity contribution in [2.75, 3.05) is 18.2 Å². The number of hydrogen-bond acceptors (Lipinski definition) is 5.